The maximum atomic E-state index is 13.2. The maximum absolute atomic E-state index is 13.2. The summed E-state index contributed by atoms with van der Waals surface area (Å²) in [5, 5.41) is 9.78. The van der Waals surface area contributed by atoms with E-state index in [9.17, 15) is 4.79 Å². The second kappa shape index (κ2) is 14.9. The molecule has 6 heteroatoms. The van der Waals surface area contributed by atoms with E-state index in [1.807, 2.05) is 0 Å². The van der Waals surface area contributed by atoms with Gasteiger partial charge in [-0.3, -0.25) is 14.6 Å². The van der Waals surface area contributed by atoms with Gasteiger partial charge >= 0.3 is 0 Å². The van der Waals surface area contributed by atoms with Crippen molar-refractivity contribution >= 4 is 34.8 Å². The fourth-order valence-corrected chi connectivity index (χ4v) is 6.77. The fraction of sp³-hybridized carbons (Fsp3) is 0.378. The van der Waals surface area contributed by atoms with Crippen molar-refractivity contribution in [2.75, 3.05) is 44.6 Å². The Balaban J connectivity index is 0.00000368. The van der Waals surface area contributed by atoms with Crippen molar-refractivity contribution in [3.05, 3.63) is 114 Å². The van der Waals surface area contributed by atoms with Crippen LogP contribution in [0.15, 0.2) is 103 Å². The molecule has 6 rings (SSSR count). The first-order chi connectivity index (χ1) is 20.6. The Hall–Kier alpha value is -3.38. The third-order valence-corrected chi connectivity index (χ3v) is 9.32. The van der Waals surface area contributed by atoms with Crippen LogP contribution in [0.25, 0.3) is 10.8 Å². The summed E-state index contributed by atoms with van der Waals surface area (Å²) in [5.41, 5.74) is 3.75. The number of hydrogen-bond donors (Lipinski definition) is 2. The lowest BCUT2D eigenvalue weighted by Crippen LogP contribution is -2.56. The Morgan fingerprint density at radius 2 is 1.35 bits per heavy atom. The largest absolute Gasteiger partial charge is 0.377 e. The molecular weight excluding hydrogens is 552 g/mol. The van der Waals surface area contributed by atoms with Crippen LogP contribution in [0.2, 0.25) is 0 Å². The molecule has 0 atom stereocenters. The minimum atomic E-state index is -0.185. The van der Waals surface area contributed by atoms with Crippen LogP contribution in [0.5, 0.6) is 0 Å². The zero-order valence-electron chi connectivity index (χ0n) is 25.1. The third kappa shape index (κ3) is 8.38. The molecular formula is C37H45ClN4O. The van der Waals surface area contributed by atoms with E-state index < -0.39 is 0 Å². The first-order valence-corrected chi connectivity index (χ1v) is 15.7. The Labute approximate surface area is 263 Å². The van der Waals surface area contributed by atoms with Crippen molar-refractivity contribution in [1.29, 1.82) is 0 Å². The summed E-state index contributed by atoms with van der Waals surface area (Å²) in [5.74, 6) is 0.850. The molecule has 4 aromatic rings. The summed E-state index contributed by atoms with van der Waals surface area (Å²) in [6.07, 6.45) is 5.42. The number of benzene rings is 4. The molecule has 2 saturated heterocycles. The molecule has 0 bridgehead atoms. The topological polar surface area (TPSA) is 47.6 Å². The van der Waals surface area contributed by atoms with Gasteiger partial charge in [0.2, 0.25) is 5.91 Å². The summed E-state index contributed by atoms with van der Waals surface area (Å²) >= 11 is 0. The molecule has 2 aliphatic heterocycles. The predicted octanol–water partition coefficient (Wildman–Crippen LogP) is 6.78. The lowest BCUT2D eigenvalue weighted by molar-refractivity contribution is -0.122. The number of carbonyl (C=O) groups is 1. The van der Waals surface area contributed by atoms with Crippen LogP contribution >= 0.6 is 12.4 Å². The Morgan fingerprint density at radius 3 is 2.07 bits per heavy atom. The Bertz CT molecular complexity index is 1430. The number of amides is 1. The number of carbonyl (C=O) groups excluding carboxylic acids is 1. The number of halogens is 1. The monoisotopic (exact) mass is 596 g/mol. The van der Waals surface area contributed by atoms with Gasteiger partial charge in [-0.2, -0.15) is 0 Å². The van der Waals surface area contributed by atoms with Crippen LogP contribution in [0, 0.1) is 5.92 Å². The maximum Gasteiger partial charge on any atom is 0.234 e. The predicted molar refractivity (Wildman–Crippen MR) is 181 cm³/mol. The van der Waals surface area contributed by atoms with Gasteiger partial charge in [-0.15, -0.1) is 12.4 Å². The van der Waals surface area contributed by atoms with E-state index in [0.29, 0.717) is 19.0 Å². The highest BCUT2D eigenvalue weighted by Gasteiger charge is 2.35. The van der Waals surface area contributed by atoms with Gasteiger partial charge in [-0.25, -0.2) is 0 Å². The minimum absolute atomic E-state index is 0. The third-order valence-electron chi connectivity index (χ3n) is 9.32. The van der Waals surface area contributed by atoms with Crippen LogP contribution < -0.4 is 10.6 Å². The lowest BCUT2D eigenvalue weighted by atomic mass is 9.86. The molecule has 0 unspecified atom stereocenters. The van der Waals surface area contributed by atoms with Crippen molar-refractivity contribution in [2.45, 2.75) is 44.2 Å². The molecule has 0 spiro atoms. The SMILES string of the molecule is Cl.O=C(CN1CCC(Cc2ccccc2)CC1)NCC1(Nc2cccc3ccccc23)CCN(Cc2ccccc2)CC1. The van der Waals surface area contributed by atoms with Gasteiger partial charge < -0.3 is 10.6 Å². The van der Waals surface area contributed by atoms with Crippen LogP contribution in [-0.2, 0) is 17.8 Å². The number of hydrogen-bond acceptors (Lipinski definition) is 4. The number of anilines is 1. The van der Waals surface area contributed by atoms with E-state index in [2.05, 4.69) is 124 Å². The number of nitrogens with one attached hydrogen (secondary N) is 2. The number of likely N-dealkylation sites (tertiary alicyclic amines) is 2. The highest BCUT2D eigenvalue weighted by atomic mass is 35.5. The molecule has 2 N–H and O–H groups in total. The van der Waals surface area contributed by atoms with Crippen molar-refractivity contribution < 1.29 is 4.79 Å². The lowest BCUT2D eigenvalue weighted by Gasteiger charge is -2.43. The van der Waals surface area contributed by atoms with Gasteiger partial charge in [0, 0.05) is 37.3 Å². The average molecular weight is 597 g/mol. The Kier molecular flexibility index (Phi) is 10.7. The second-order valence-corrected chi connectivity index (χ2v) is 12.4. The van der Waals surface area contributed by atoms with Crippen molar-refractivity contribution in [2.24, 2.45) is 5.92 Å². The normalized spacial score (nSPS) is 17.7. The standard InChI is InChI=1S/C37H44N4O.ClH/c42-36(28-40-22-18-31(19-23-40)26-30-10-3-1-4-11-30)38-29-37(39-35-17-9-15-33-14-7-8-16-34(33)35)20-24-41(25-21-37)27-32-12-5-2-6-13-32;/h1-17,31,39H,18-29H2,(H,38,42);1H. The summed E-state index contributed by atoms with van der Waals surface area (Å²) in [7, 11) is 0. The van der Waals surface area contributed by atoms with Gasteiger partial charge in [-0.1, -0.05) is 97.1 Å². The molecule has 43 heavy (non-hydrogen) atoms. The summed E-state index contributed by atoms with van der Waals surface area (Å²) in [6.45, 7) is 6.09. The van der Waals surface area contributed by atoms with E-state index in [1.54, 1.807) is 0 Å². The molecule has 5 nitrogen and oxygen atoms in total. The van der Waals surface area contributed by atoms with Gasteiger partial charge in [0.1, 0.15) is 0 Å². The van der Waals surface area contributed by atoms with E-state index in [1.165, 1.54) is 21.9 Å². The summed E-state index contributed by atoms with van der Waals surface area (Å²) in [6, 6.07) is 36.6. The van der Waals surface area contributed by atoms with Crippen LogP contribution in [0.4, 0.5) is 5.69 Å². The van der Waals surface area contributed by atoms with E-state index in [-0.39, 0.29) is 23.9 Å². The average Bonchev–Trinajstić information content (AvgIpc) is 3.03. The first-order valence-electron chi connectivity index (χ1n) is 15.7. The van der Waals surface area contributed by atoms with E-state index >= 15 is 0 Å². The van der Waals surface area contributed by atoms with Crippen molar-refractivity contribution in [3.63, 3.8) is 0 Å². The van der Waals surface area contributed by atoms with Crippen molar-refractivity contribution in [1.82, 2.24) is 15.1 Å². The van der Waals surface area contributed by atoms with E-state index in [0.717, 1.165) is 70.5 Å². The molecule has 0 saturated carbocycles. The molecule has 1 amide bonds. The molecule has 0 radical (unpaired) electrons. The first kappa shape index (κ1) is 31.1. The fourth-order valence-electron chi connectivity index (χ4n) is 6.77. The van der Waals surface area contributed by atoms with Gasteiger partial charge in [0.15, 0.2) is 0 Å². The number of piperidine rings is 2. The number of rotatable bonds is 10. The van der Waals surface area contributed by atoms with Gasteiger partial charge in [-0.05, 0) is 73.7 Å². The molecule has 2 heterocycles. The van der Waals surface area contributed by atoms with Crippen LogP contribution in [0.1, 0.15) is 36.8 Å². The zero-order chi connectivity index (χ0) is 28.6. The molecule has 2 aliphatic rings. The molecule has 0 aromatic heterocycles. The van der Waals surface area contributed by atoms with E-state index in [4.69, 9.17) is 0 Å². The highest BCUT2D eigenvalue weighted by Crippen LogP contribution is 2.32. The zero-order valence-corrected chi connectivity index (χ0v) is 25.9. The van der Waals surface area contributed by atoms with Crippen LogP contribution in [-0.4, -0.2) is 60.5 Å². The number of nitrogens with zero attached hydrogens (tertiary/aromatic N) is 2. The molecule has 4 aromatic carbocycles. The molecule has 226 valence electrons. The quantitative estimate of drug-likeness (QED) is 0.212. The van der Waals surface area contributed by atoms with Crippen LogP contribution in [0.3, 0.4) is 0 Å². The van der Waals surface area contributed by atoms with Gasteiger partial charge in [0.05, 0.1) is 12.1 Å². The Morgan fingerprint density at radius 1 is 0.721 bits per heavy atom. The molecule has 2 fully saturated rings. The summed E-state index contributed by atoms with van der Waals surface area (Å²) in [4.78, 5) is 18.1. The van der Waals surface area contributed by atoms with Crippen molar-refractivity contribution in [3.8, 4) is 0 Å². The van der Waals surface area contributed by atoms with Gasteiger partial charge in [0.25, 0.3) is 0 Å². The second-order valence-electron chi connectivity index (χ2n) is 12.4. The number of fused-ring (bicyclic) bond motifs is 1. The smallest absolute Gasteiger partial charge is 0.234 e. The minimum Gasteiger partial charge on any atom is -0.377 e. The molecule has 0 aliphatic carbocycles. The highest BCUT2D eigenvalue weighted by molar-refractivity contribution is 5.94. The summed E-state index contributed by atoms with van der Waals surface area (Å²) < 4.78 is 0.